The summed E-state index contributed by atoms with van der Waals surface area (Å²) in [6.45, 7) is 5.09. The zero-order chi connectivity index (χ0) is 13.0. The maximum atomic E-state index is 5.29. The molecule has 0 radical (unpaired) electrons. The molecule has 1 unspecified atom stereocenters. The van der Waals surface area contributed by atoms with Crippen LogP contribution in [0.1, 0.15) is 36.8 Å². The first-order valence-corrected chi connectivity index (χ1v) is 7.10. The molecule has 0 aliphatic rings. The molecule has 4 heteroatoms. The number of rotatable bonds is 5. The van der Waals surface area contributed by atoms with Crippen LogP contribution in [0.25, 0.3) is 11.3 Å². The van der Waals surface area contributed by atoms with E-state index in [1.165, 1.54) is 17.5 Å². The Hall–Kier alpha value is -1.23. The molecule has 18 heavy (non-hydrogen) atoms. The predicted molar refractivity (Wildman–Crippen MR) is 77.3 cm³/mol. The van der Waals surface area contributed by atoms with Crippen LogP contribution < -0.4 is 11.3 Å². The second-order valence-corrected chi connectivity index (χ2v) is 5.38. The fourth-order valence-electron chi connectivity index (χ4n) is 1.83. The van der Waals surface area contributed by atoms with Gasteiger partial charge in [0.15, 0.2) is 0 Å². The number of hydrogen-bond acceptors (Lipinski definition) is 4. The van der Waals surface area contributed by atoms with E-state index in [4.69, 9.17) is 5.84 Å². The summed E-state index contributed by atoms with van der Waals surface area (Å²) < 4.78 is 0. The summed E-state index contributed by atoms with van der Waals surface area (Å²) in [6, 6.07) is 8.69. The summed E-state index contributed by atoms with van der Waals surface area (Å²) in [5, 5.41) is 3.09. The third kappa shape index (κ3) is 2.96. The molecule has 0 spiro atoms. The van der Waals surface area contributed by atoms with Crippen molar-refractivity contribution in [3.63, 3.8) is 0 Å². The normalized spacial score (nSPS) is 12.6. The van der Waals surface area contributed by atoms with Crippen molar-refractivity contribution in [2.24, 2.45) is 5.84 Å². The Morgan fingerprint density at radius 3 is 2.67 bits per heavy atom. The molecule has 3 N–H and O–H groups in total. The molecule has 0 aliphatic heterocycles. The Bertz CT molecular complexity index is 490. The fraction of sp³-hybridized carbons (Fsp3) is 0.357. The van der Waals surface area contributed by atoms with Crippen LogP contribution >= 0.6 is 11.3 Å². The van der Waals surface area contributed by atoms with Gasteiger partial charge in [-0.1, -0.05) is 38.1 Å². The van der Waals surface area contributed by atoms with Gasteiger partial charge in [-0.15, -0.1) is 11.3 Å². The lowest BCUT2D eigenvalue weighted by Crippen LogP contribution is -2.20. The summed E-state index contributed by atoms with van der Waals surface area (Å²) >= 11 is 1.63. The van der Waals surface area contributed by atoms with Crippen LogP contribution in [-0.2, 0) is 6.54 Å². The molecule has 3 nitrogen and oxygen atoms in total. The second kappa shape index (κ2) is 6.09. The van der Waals surface area contributed by atoms with Crippen LogP contribution in [-0.4, -0.2) is 4.98 Å². The highest BCUT2D eigenvalue weighted by atomic mass is 32.1. The average Bonchev–Trinajstić information content (AvgIpc) is 2.87. The molecule has 2 aromatic rings. The Labute approximate surface area is 112 Å². The number of thiazole rings is 1. The van der Waals surface area contributed by atoms with Gasteiger partial charge in [0.2, 0.25) is 0 Å². The van der Waals surface area contributed by atoms with Gasteiger partial charge in [0.05, 0.1) is 12.2 Å². The van der Waals surface area contributed by atoms with Gasteiger partial charge in [0, 0.05) is 10.9 Å². The van der Waals surface area contributed by atoms with Crippen LogP contribution in [0.15, 0.2) is 29.6 Å². The highest BCUT2D eigenvalue weighted by molar-refractivity contribution is 7.09. The van der Waals surface area contributed by atoms with E-state index in [0.717, 1.165) is 10.7 Å². The monoisotopic (exact) mass is 261 g/mol. The van der Waals surface area contributed by atoms with Crippen LogP contribution in [0.5, 0.6) is 0 Å². The van der Waals surface area contributed by atoms with E-state index in [0.29, 0.717) is 12.5 Å². The zero-order valence-electron chi connectivity index (χ0n) is 10.8. The van der Waals surface area contributed by atoms with Crippen molar-refractivity contribution in [2.75, 3.05) is 0 Å². The van der Waals surface area contributed by atoms with E-state index in [9.17, 15) is 0 Å². The first kappa shape index (κ1) is 13.2. The lowest BCUT2D eigenvalue weighted by molar-refractivity contribution is 0.733. The molecule has 96 valence electrons. The van der Waals surface area contributed by atoms with Crippen molar-refractivity contribution in [1.29, 1.82) is 0 Å². The number of benzene rings is 1. The lowest BCUT2D eigenvalue weighted by atomic mass is 9.97. The number of hydrazine groups is 1. The summed E-state index contributed by atoms with van der Waals surface area (Å²) in [5.41, 5.74) is 6.21. The molecule has 0 bridgehead atoms. The van der Waals surface area contributed by atoms with Crippen molar-refractivity contribution in [3.8, 4) is 11.3 Å². The highest BCUT2D eigenvalue weighted by Crippen LogP contribution is 2.25. The quantitative estimate of drug-likeness (QED) is 0.641. The highest BCUT2D eigenvalue weighted by Gasteiger charge is 2.06. The third-order valence-electron chi connectivity index (χ3n) is 3.19. The minimum Gasteiger partial charge on any atom is -0.271 e. The van der Waals surface area contributed by atoms with Crippen LogP contribution in [0, 0.1) is 0 Å². The molecular weight excluding hydrogens is 242 g/mol. The number of nitrogens with one attached hydrogen (secondary N) is 1. The van der Waals surface area contributed by atoms with E-state index in [1.54, 1.807) is 11.3 Å². The Balaban J connectivity index is 2.17. The molecule has 1 aromatic carbocycles. The van der Waals surface area contributed by atoms with Gasteiger partial charge in [-0.25, -0.2) is 4.98 Å². The van der Waals surface area contributed by atoms with Crippen LogP contribution in [0.4, 0.5) is 0 Å². The van der Waals surface area contributed by atoms with E-state index in [1.807, 2.05) is 0 Å². The Morgan fingerprint density at radius 2 is 2.06 bits per heavy atom. The molecule has 1 aromatic heterocycles. The SMILES string of the molecule is CCC(C)c1ccc(-c2csc(CNN)n2)cc1. The molecule has 0 aliphatic carbocycles. The number of aromatic nitrogens is 1. The van der Waals surface area contributed by atoms with Crippen LogP contribution in [0.3, 0.4) is 0 Å². The maximum Gasteiger partial charge on any atom is 0.108 e. The van der Waals surface area contributed by atoms with Crippen LogP contribution in [0.2, 0.25) is 0 Å². The fourth-order valence-corrected chi connectivity index (χ4v) is 2.58. The van der Waals surface area contributed by atoms with Gasteiger partial charge in [0.25, 0.3) is 0 Å². The van der Waals surface area contributed by atoms with Gasteiger partial charge in [-0.05, 0) is 17.9 Å². The molecule has 2 rings (SSSR count). The summed E-state index contributed by atoms with van der Waals surface area (Å²) in [7, 11) is 0. The summed E-state index contributed by atoms with van der Waals surface area (Å²) in [6.07, 6.45) is 1.17. The summed E-state index contributed by atoms with van der Waals surface area (Å²) in [5.74, 6) is 5.91. The Morgan fingerprint density at radius 1 is 1.33 bits per heavy atom. The molecule has 0 amide bonds. The molecule has 1 atom stereocenters. The molecular formula is C14H19N3S. The van der Waals surface area contributed by atoms with Crippen molar-refractivity contribution in [3.05, 3.63) is 40.2 Å². The van der Waals surface area contributed by atoms with Gasteiger partial charge < -0.3 is 0 Å². The van der Waals surface area contributed by atoms with Gasteiger partial charge in [-0.2, -0.15) is 0 Å². The number of nitrogens with two attached hydrogens (primary N) is 1. The largest absolute Gasteiger partial charge is 0.271 e. The third-order valence-corrected chi connectivity index (χ3v) is 4.04. The summed E-state index contributed by atoms with van der Waals surface area (Å²) in [4.78, 5) is 4.54. The van der Waals surface area contributed by atoms with Crippen molar-refractivity contribution in [1.82, 2.24) is 10.4 Å². The van der Waals surface area contributed by atoms with Gasteiger partial charge in [0.1, 0.15) is 5.01 Å². The molecule has 0 saturated heterocycles. The van der Waals surface area contributed by atoms with Crippen molar-refractivity contribution in [2.45, 2.75) is 32.7 Å². The van der Waals surface area contributed by atoms with Crippen molar-refractivity contribution < 1.29 is 0 Å². The molecule has 1 heterocycles. The van der Waals surface area contributed by atoms with E-state index in [-0.39, 0.29) is 0 Å². The first-order valence-electron chi connectivity index (χ1n) is 6.22. The maximum absolute atomic E-state index is 5.29. The molecule has 0 saturated carbocycles. The van der Waals surface area contributed by atoms with Crippen molar-refractivity contribution >= 4 is 11.3 Å². The second-order valence-electron chi connectivity index (χ2n) is 4.44. The predicted octanol–water partition coefficient (Wildman–Crippen LogP) is 3.29. The van der Waals surface area contributed by atoms with E-state index < -0.39 is 0 Å². The van der Waals surface area contributed by atoms with E-state index >= 15 is 0 Å². The van der Waals surface area contributed by atoms with E-state index in [2.05, 4.69) is 53.9 Å². The van der Waals surface area contributed by atoms with Gasteiger partial charge >= 0.3 is 0 Å². The topological polar surface area (TPSA) is 50.9 Å². The minimum absolute atomic E-state index is 0.617. The smallest absolute Gasteiger partial charge is 0.108 e. The van der Waals surface area contributed by atoms with Gasteiger partial charge in [-0.3, -0.25) is 11.3 Å². The lowest BCUT2D eigenvalue weighted by Gasteiger charge is -2.08. The standard InChI is InChI=1S/C14H19N3S/c1-3-10(2)11-4-6-12(7-5-11)13-9-18-14(17-13)8-16-15/h4-7,9-10,16H,3,8,15H2,1-2H3. The first-order chi connectivity index (χ1) is 8.74. The number of hydrogen-bond donors (Lipinski definition) is 2. The average molecular weight is 261 g/mol. The number of nitrogens with zero attached hydrogens (tertiary/aromatic N) is 1. The Kier molecular flexibility index (Phi) is 4.47. The molecule has 0 fully saturated rings. The minimum atomic E-state index is 0.617. The zero-order valence-corrected chi connectivity index (χ0v) is 11.6.